The topological polar surface area (TPSA) is 61.4 Å². The van der Waals surface area contributed by atoms with Gasteiger partial charge < -0.3 is 15.5 Å². The Morgan fingerprint density at radius 1 is 0.929 bits per heavy atom. The highest BCUT2D eigenvalue weighted by atomic mass is 35.5. The summed E-state index contributed by atoms with van der Waals surface area (Å²) in [6.45, 7) is 1.68. The van der Waals surface area contributed by atoms with Crippen molar-refractivity contribution in [2.45, 2.75) is 25.7 Å². The average Bonchev–Trinajstić information content (AvgIpc) is 2.99. The molecule has 5 nitrogen and oxygen atoms in total. The van der Waals surface area contributed by atoms with Gasteiger partial charge in [0.05, 0.1) is 22.3 Å². The van der Waals surface area contributed by atoms with Crippen LogP contribution >= 0.6 is 23.2 Å². The van der Waals surface area contributed by atoms with E-state index < -0.39 is 0 Å². The van der Waals surface area contributed by atoms with Crippen LogP contribution in [0.5, 0.6) is 0 Å². The lowest BCUT2D eigenvalue weighted by molar-refractivity contribution is -0.114. The van der Waals surface area contributed by atoms with E-state index >= 15 is 0 Å². The number of nitrogens with one attached hydrogen (secondary N) is 2. The maximum absolute atomic E-state index is 12.6. The van der Waals surface area contributed by atoms with Crippen molar-refractivity contribution in [2.24, 2.45) is 0 Å². The molecule has 1 heterocycles. The molecular weight excluding hydrogens is 397 g/mol. The molecule has 28 heavy (non-hydrogen) atoms. The molecule has 1 fully saturated rings. The summed E-state index contributed by atoms with van der Waals surface area (Å²) in [5.74, 6) is -0.167. The molecule has 3 rings (SSSR count). The molecule has 0 radical (unpaired) electrons. The van der Waals surface area contributed by atoms with Crippen LogP contribution < -0.4 is 10.6 Å². The number of nitrogens with zero attached hydrogens (tertiary/aromatic N) is 1. The van der Waals surface area contributed by atoms with Crippen molar-refractivity contribution in [3.05, 3.63) is 58.1 Å². The van der Waals surface area contributed by atoms with Gasteiger partial charge in [-0.1, -0.05) is 42.1 Å². The van der Waals surface area contributed by atoms with Crippen molar-refractivity contribution in [1.29, 1.82) is 0 Å². The van der Waals surface area contributed by atoms with Gasteiger partial charge in [0.15, 0.2) is 0 Å². The fourth-order valence-electron chi connectivity index (χ4n) is 3.17. The van der Waals surface area contributed by atoms with Crippen molar-refractivity contribution >= 4 is 46.4 Å². The maximum Gasteiger partial charge on any atom is 0.253 e. The first-order chi connectivity index (χ1) is 13.5. The van der Waals surface area contributed by atoms with E-state index in [0.29, 0.717) is 27.0 Å². The molecule has 0 bridgehead atoms. The zero-order valence-corrected chi connectivity index (χ0v) is 17.0. The summed E-state index contributed by atoms with van der Waals surface area (Å²) in [7, 11) is 0. The van der Waals surface area contributed by atoms with Crippen molar-refractivity contribution in [3.63, 3.8) is 0 Å². The van der Waals surface area contributed by atoms with Gasteiger partial charge in [0, 0.05) is 24.3 Å². The smallest absolute Gasteiger partial charge is 0.253 e. The molecule has 0 aliphatic carbocycles. The Bertz CT molecular complexity index is 832. The molecule has 1 aliphatic heterocycles. The van der Waals surface area contributed by atoms with Crippen LogP contribution in [0.15, 0.2) is 42.5 Å². The molecule has 2 N–H and O–H groups in total. The van der Waals surface area contributed by atoms with Crippen LogP contribution in [0.1, 0.15) is 36.0 Å². The number of anilines is 2. The highest BCUT2D eigenvalue weighted by Gasteiger charge is 2.17. The first-order valence-electron chi connectivity index (χ1n) is 9.41. The Morgan fingerprint density at radius 3 is 2.29 bits per heavy atom. The van der Waals surface area contributed by atoms with Crippen LogP contribution in [0, 0.1) is 0 Å². The highest BCUT2D eigenvalue weighted by Crippen LogP contribution is 2.29. The van der Waals surface area contributed by atoms with Crippen LogP contribution in [0.4, 0.5) is 11.4 Å². The van der Waals surface area contributed by atoms with Crippen molar-refractivity contribution in [2.75, 3.05) is 30.3 Å². The predicted molar refractivity (Wildman–Crippen MR) is 114 cm³/mol. The molecule has 0 saturated carbocycles. The van der Waals surface area contributed by atoms with Gasteiger partial charge in [0.2, 0.25) is 5.91 Å². The normalized spacial score (nSPS) is 14.3. The van der Waals surface area contributed by atoms with E-state index in [4.69, 9.17) is 23.2 Å². The van der Waals surface area contributed by atoms with Crippen LogP contribution in [0.3, 0.4) is 0 Å². The number of amides is 2. The van der Waals surface area contributed by atoms with Gasteiger partial charge >= 0.3 is 0 Å². The first kappa shape index (κ1) is 20.5. The van der Waals surface area contributed by atoms with Crippen LogP contribution in [-0.4, -0.2) is 36.3 Å². The van der Waals surface area contributed by atoms with Gasteiger partial charge in [-0.25, -0.2) is 0 Å². The average molecular weight is 420 g/mol. The van der Waals surface area contributed by atoms with E-state index in [2.05, 4.69) is 10.6 Å². The van der Waals surface area contributed by atoms with Crippen LogP contribution in [0.25, 0.3) is 0 Å². The largest absolute Gasteiger partial charge is 0.375 e. The predicted octanol–water partition coefficient (Wildman–Crippen LogP) is 5.06. The first-order valence-corrected chi connectivity index (χ1v) is 10.2. The Kier molecular flexibility index (Phi) is 7.18. The molecular formula is C21H23Cl2N3O2. The second kappa shape index (κ2) is 9.80. The van der Waals surface area contributed by atoms with Gasteiger partial charge in [-0.3, -0.25) is 9.59 Å². The Labute approximate surface area is 175 Å². The summed E-state index contributed by atoms with van der Waals surface area (Å²) in [4.78, 5) is 26.7. The molecule has 2 amide bonds. The molecule has 1 aliphatic rings. The number of hydrogen-bond acceptors (Lipinski definition) is 3. The third-order valence-electron chi connectivity index (χ3n) is 4.70. The molecule has 148 valence electrons. The van der Waals surface area contributed by atoms with E-state index in [-0.39, 0.29) is 18.4 Å². The van der Waals surface area contributed by atoms with E-state index in [1.54, 1.807) is 42.5 Å². The third kappa shape index (κ3) is 5.40. The zero-order valence-electron chi connectivity index (χ0n) is 15.5. The van der Waals surface area contributed by atoms with Crippen LogP contribution in [0.2, 0.25) is 10.0 Å². The quantitative estimate of drug-likeness (QED) is 0.711. The number of halogens is 2. The molecule has 0 unspecified atom stereocenters. The number of carbonyl (C=O) groups is 2. The molecule has 0 aromatic heterocycles. The van der Waals surface area contributed by atoms with E-state index in [1.165, 1.54) is 12.8 Å². The van der Waals surface area contributed by atoms with Gasteiger partial charge in [0.25, 0.3) is 5.91 Å². The van der Waals surface area contributed by atoms with Gasteiger partial charge in [-0.05, 0) is 49.2 Å². The summed E-state index contributed by atoms with van der Waals surface area (Å²) in [5.41, 5.74) is 1.88. The van der Waals surface area contributed by atoms with Gasteiger partial charge in [-0.15, -0.1) is 0 Å². The second-order valence-corrected chi connectivity index (χ2v) is 7.57. The molecule has 2 aromatic carbocycles. The second-order valence-electron chi connectivity index (χ2n) is 6.79. The fraction of sp³-hybridized carbons (Fsp3) is 0.333. The number of hydrogen-bond donors (Lipinski definition) is 2. The number of likely N-dealkylation sites (tertiary alicyclic amines) is 1. The summed E-state index contributed by atoms with van der Waals surface area (Å²) in [5, 5.41) is 6.57. The monoisotopic (exact) mass is 419 g/mol. The summed E-state index contributed by atoms with van der Waals surface area (Å²) in [6, 6.07) is 12.2. The molecule has 0 atom stereocenters. The lowest BCUT2D eigenvalue weighted by Gasteiger charge is -2.20. The SMILES string of the molecule is O=C(CNc1cccc(Cl)c1Cl)Nc1ccc(C(=O)N2CCCCCC2)cc1. The number of carbonyl (C=O) groups excluding carboxylic acids is 2. The summed E-state index contributed by atoms with van der Waals surface area (Å²) >= 11 is 12.1. The van der Waals surface area contributed by atoms with Crippen molar-refractivity contribution < 1.29 is 9.59 Å². The lowest BCUT2D eigenvalue weighted by Crippen LogP contribution is -2.31. The van der Waals surface area contributed by atoms with Crippen LogP contribution in [-0.2, 0) is 4.79 Å². The molecule has 2 aromatic rings. The number of rotatable bonds is 5. The fourth-order valence-corrected chi connectivity index (χ4v) is 3.54. The molecule has 7 heteroatoms. The van der Waals surface area contributed by atoms with Crippen molar-refractivity contribution in [1.82, 2.24) is 4.90 Å². The Morgan fingerprint density at radius 2 is 1.61 bits per heavy atom. The van der Waals surface area contributed by atoms with Gasteiger partial charge in [-0.2, -0.15) is 0 Å². The molecule has 0 spiro atoms. The standard InChI is InChI=1S/C21H23Cl2N3O2/c22-17-6-5-7-18(20(17)23)24-14-19(27)25-16-10-8-15(9-11-16)21(28)26-12-3-1-2-4-13-26/h5-11,24H,1-4,12-14H2,(H,25,27). The van der Waals surface area contributed by atoms with E-state index in [9.17, 15) is 9.59 Å². The minimum Gasteiger partial charge on any atom is -0.375 e. The molecule has 1 saturated heterocycles. The summed E-state index contributed by atoms with van der Waals surface area (Å²) < 4.78 is 0. The minimum absolute atomic E-state index is 0.0501. The Hall–Kier alpha value is -2.24. The maximum atomic E-state index is 12.6. The van der Waals surface area contributed by atoms with E-state index in [0.717, 1.165) is 25.9 Å². The highest BCUT2D eigenvalue weighted by molar-refractivity contribution is 6.43. The summed E-state index contributed by atoms with van der Waals surface area (Å²) in [6.07, 6.45) is 4.49. The van der Waals surface area contributed by atoms with Gasteiger partial charge in [0.1, 0.15) is 0 Å². The zero-order chi connectivity index (χ0) is 19.9. The lowest BCUT2D eigenvalue weighted by atomic mass is 10.1. The van der Waals surface area contributed by atoms with Crippen molar-refractivity contribution in [3.8, 4) is 0 Å². The third-order valence-corrected chi connectivity index (χ3v) is 5.52. The van der Waals surface area contributed by atoms with E-state index in [1.807, 2.05) is 4.90 Å². The number of benzene rings is 2. The Balaban J connectivity index is 1.54. The minimum atomic E-state index is -0.220.